The molecule has 1 fully saturated rings. The minimum Gasteiger partial charge on any atom is -0.337 e. The van der Waals surface area contributed by atoms with E-state index in [4.69, 9.17) is 0 Å². The van der Waals surface area contributed by atoms with Crippen LogP contribution in [-0.2, 0) is 20.0 Å². The highest BCUT2D eigenvalue weighted by molar-refractivity contribution is 7.92. The topological polar surface area (TPSA) is 121 Å². The van der Waals surface area contributed by atoms with Crippen LogP contribution in [-0.4, -0.2) is 44.2 Å². The summed E-state index contributed by atoms with van der Waals surface area (Å²) < 4.78 is 56.6. The fraction of sp³-hybridized carbons (Fsp3) is 0.231. The Hall–Kier alpha value is -3.54. The molecule has 0 bridgehead atoms. The number of piperidine rings is 1. The Morgan fingerprint density at radius 1 is 0.757 bits per heavy atom. The van der Waals surface area contributed by atoms with Crippen LogP contribution in [0.5, 0.6) is 0 Å². The second-order valence-electron chi connectivity index (χ2n) is 8.90. The van der Waals surface area contributed by atoms with Crippen molar-refractivity contribution >= 4 is 48.4 Å². The van der Waals surface area contributed by atoms with Gasteiger partial charge >= 0.3 is 0 Å². The zero-order valence-corrected chi connectivity index (χ0v) is 21.9. The number of para-hydroxylation sites is 1. The zero-order valence-electron chi connectivity index (χ0n) is 20.3. The van der Waals surface area contributed by atoms with E-state index in [1.165, 1.54) is 22.5 Å². The molecule has 5 rings (SSSR count). The van der Waals surface area contributed by atoms with Crippen molar-refractivity contribution in [3.05, 3.63) is 78.4 Å². The van der Waals surface area contributed by atoms with Crippen molar-refractivity contribution in [1.82, 2.24) is 14.3 Å². The van der Waals surface area contributed by atoms with Crippen molar-refractivity contribution in [3.63, 3.8) is 0 Å². The molecule has 1 aliphatic heterocycles. The number of hydrogen-bond acceptors (Lipinski definition) is 7. The number of aryl methyl sites for hydroxylation is 1. The first-order chi connectivity index (χ1) is 17.7. The Bertz CT molecular complexity index is 1650. The van der Waals surface area contributed by atoms with E-state index in [0.29, 0.717) is 29.8 Å². The normalized spacial score (nSPS) is 14.9. The molecule has 0 amide bonds. The highest BCUT2D eigenvalue weighted by Gasteiger charge is 2.26. The lowest BCUT2D eigenvalue weighted by molar-refractivity contribution is 0.346. The first-order valence-corrected chi connectivity index (χ1v) is 14.9. The minimum atomic E-state index is -3.95. The van der Waals surface area contributed by atoms with E-state index in [1.807, 2.05) is 19.1 Å². The fourth-order valence-corrected chi connectivity index (χ4v) is 6.88. The van der Waals surface area contributed by atoms with Crippen LogP contribution >= 0.6 is 0 Å². The molecule has 2 heterocycles. The molecule has 1 saturated heterocycles. The number of aromatic nitrogens is 2. The molecule has 0 unspecified atom stereocenters. The van der Waals surface area contributed by atoms with Gasteiger partial charge in [-0.15, -0.1) is 0 Å². The first kappa shape index (κ1) is 25.1. The Labute approximate surface area is 216 Å². The third-order valence-electron chi connectivity index (χ3n) is 6.23. The molecule has 4 aromatic rings. The number of anilines is 3. The van der Waals surface area contributed by atoms with Crippen molar-refractivity contribution in [1.29, 1.82) is 0 Å². The number of fused-ring (bicyclic) bond motifs is 1. The van der Waals surface area contributed by atoms with Crippen LogP contribution in [0.3, 0.4) is 0 Å². The molecule has 0 radical (unpaired) electrons. The molecular weight excluding hydrogens is 510 g/mol. The van der Waals surface area contributed by atoms with Gasteiger partial charge in [-0.25, -0.2) is 26.8 Å². The van der Waals surface area contributed by atoms with Crippen molar-refractivity contribution in [3.8, 4) is 0 Å². The first-order valence-electron chi connectivity index (χ1n) is 12.0. The lowest BCUT2D eigenvalue weighted by Crippen LogP contribution is -2.35. The van der Waals surface area contributed by atoms with Gasteiger partial charge in [0, 0.05) is 18.8 Å². The Balaban J connectivity index is 1.54. The van der Waals surface area contributed by atoms with Crippen LogP contribution < -0.4 is 10.0 Å². The highest BCUT2D eigenvalue weighted by atomic mass is 32.2. The SMILES string of the molecule is Cc1cccc2nc(NS(=O)(=O)c3ccccc3)c(Nc3cccc(S(=O)(=O)N4CCCCC4)c3)nc12. The third kappa shape index (κ3) is 5.29. The average Bonchev–Trinajstić information content (AvgIpc) is 2.90. The molecule has 1 aliphatic rings. The molecule has 11 heteroatoms. The van der Waals surface area contributed by atoms with E-state index in [1.54, 1.807) is 42.5 Å². The zero-order chi connectivity index (χ0) is 26.0. The maximum atomic E-state index is 13.2. The van der Waals surface area contributed by atoms with E-state index in [9.17, 15) is 16.8 Å². The minimum absolute atomic E-state index is 0.00578. The van der Waals surface area contributed by atoms with Gasteiger partial charge in [0.1, 0.15) is 0 Å². The Kier molecular flexibility index (Phi) is 6.84. The number of rotatable bonds is 7. The molecule has 0 saturated carbocycles. The van der Waals surface area contributed by atoms with Crippen molar-refractivity contribution in [2.45, 2.75) is 36.0 Å². The molecule has 9 nitrogen and oxygen atoms in total. The molecule has 3 aromatic carbocycles. The lowest BCUT2D eigenvalue weighted by atomic mass is 10.2. The monoisotopic (exact) mass is 537 g/mol. The van der Waals surface area contributed by atoms with Gasteiger partial charge in [-0.3, -0.25) is 4.72 Å². The summed E-state index contributed by atoms with van der Waals surface area (Å²) in [5.41, 5.74) is 2.44. The van der Waals surface area contributed by atoms with E-state index in [0.717, 1.165) is 24.8 Å². The standard InChI is InChI=1S/C26H27N5O4S2/c1-19-10-8-15-23-24(19)29-25(26(28-23)30-36(32,33)21-12-4-2-5-13-21)27-20-11-9-14-22(18-20)37(34,35)31-16-6-3-7-17-31/h2,4-5,8-15,18H,3,6-7,16-17H2,1H3,(H,27,29)(H,28,30). The number of benzene rings is 3. The number of sulfonamides is 2. The number of hydrogen-bond donors (Lipinski definition) is 2. The number of nitrogens with zero attached hydrogens (tertiary/aromatic N) is 3. The number of nitrogens with one attached hydrogen (secondary N) is 2. The van der Waals surface area contributed by atoms with Crippen LogP contribution in [0.4, 0.5) is 17.3 Å². The van der Waals surface area contributed by atoms with Gasteiger partial charge in [0.15, 0.2) is 11.6 Å². The van der Waals surface area contributed by atoms with E-state index < -0.39 is 20.0 Å². The molecule has 1 aromatic heterocycles. The maximum absolute atomic E-state index is 13.2. The summed E-state index contributed by atoms with van der Waals surface area (Å²) in [4.78, 5) is 9.46. The van der Waals surface area contributed by atoms with Crippen LogP contribution in [0.2, 0.25) is 0 Å². The Morgan fingerprint density at radius 2 is 1.46 bits per heavy atom. The van der Waals surface area contributed by atoms with Crippen LogP contribution in [0.15, 0.2) is 82.6 Å². The van der Waals surface area contributed by atoms with Gasteiger partial charge in [-0.1, -0.05) is 42.8 Å². The van der Waals surface area contributed by atoms with Gasteiger partial charge < -0.3 is 5.32 Å². The molecule has 0 spiro atoms. The van der Waals surface area contributed by atoms with Gasteiger partial charge in [-0.2, -0.15) is 4.31 Å². The second-order valence-corrected chi connectivity index (χ2v) is 12.5. The molecule has 192 valence electrons. The summed E-state index contributed by atoms with van der Waals surface area (Å²) >= 11 is 0. The van der Waals surface area contributed by atoms with Crippen molar-refractivity contribution in [2.24, 2.45) is 0 Å². The second kappa shape index (κ2) is 10.1. The van der Waals surface area contributed by atoms with E-state index in [2.05, 4.69) is 20.0 Å². The third-order valence-corrected chi connectivity index (χ3v) is 9.48. The Morgan fingerprint density at radius 3 is 2.22 bits per heavy atom. The van der Waals surface area contributed by atoms with Crippen LogP contribution in [0.1, 0.15) is 24.8 Å². The largest absolute Gasteiger partial charge is 0.337 e. The summed E-state index contributed by atoms with van der Waals surface area (Å²) in [6, 6.07) is 19.9. The van der Waals surface area contributed by atoms with E-state index >= 15 is 0 Å². The molecular formula is C26H27N5O4S2. The quantitative estimate of drug-likeness (QED) is 0.352. The molecule has 0 atom stereocenters. The van der Waals surface area contributed by atoms with E-state index in [-0.39, 0.29) is 21.4 Å². The van der Waals surface area contributed by atoms with Crippen molar-refractivity contribution in [2.75, 3.05) is 23.1 Å². The van der Waals surface area contributed by atoms with Gasteiger partial charge in [0.05, 0.1) is 20.8 Å². The summed E-state index contributed by atoms with van der Waals surface area (Å²) in [6.07, 6.45) is 2.71. The van der Waals surface area contributed by atoms with Crippen LogP contribution in [0.25, 0.3) is 11.0 Å². The fourth-order valence-electron chi connectivity index (χ4n) is 4.29. The molecule has 37 heavy (non-hydrogen) atoms. The predicted molar refractivity (Wildman–Crippen MR) is 144 cm³/mol. The van der Waals surface area contributed by atoms with Gasteiger partial charge in [0.2, 0.25) is 10.0 Å². The smallest absolute Gasteiger partial charge is 0.263 e. The lowest BCUT2D eigenvalue weighted by Gasteiger charge is -2.26. The predicted octanol–water partition coefficient (Wildman–Crippen LogP) is 4.66. The summed E-state index contributed by atoms with van der Waals surface area (Å²) in [6.45, 7) is 2.89. The van der Waals surface area contributed by atoms with Crippen LogP contribution in [0, 0.1) is 6.92 Å². The van der Waals surface area contributed by atoms with Gasteiger partial charge in [-0.05, 0) is 61.7 Å². The average molecular weight is 538 g/mol. The highest BCUT2D eigenvalue weighted by Crippen LogP contribution is 2.30. The molecule has 0 aliphatic carbocycles. The van der Waals surface area contributed by atoms with Crippen molar-refractivity contribution < 1.29 is 16.8 Å². The summed E-state index contributed by atoms with van der Waals surface area (Å²) in [7, 11) is -7.60. The summed E-state index contributed by atoms with van der Waals surface area (Å²) in [5.74, 6) is 0.167. The molecule has 2 N–H and O–H groups in total. The van der Waals surface area contributed by atoms with Gasteiger partial charge in [0.25, 0.3) is 10.0 Å². The maximum Gasteiger partial charge on any atom is 0.263 e. The summed E-state index contributed by atoms with van der Waals surface area (Å²) in [5, 5.41) is 3.10.